The van der Waals surface area contributed by atoms with Crippen molar-refractivity contribution >= 4 is 5.97 Å². The van der Waals surface area contributed by atoms with Gasteiger partial charge >= 0.3 is 5.97 Å². The molecule has 0 amide bonds. The van der Waals surface area contributed by atoms with Gasteiger partial charge in [0.1, 0.15) is 0 Å². The Labute approximate surface area is 123 Å². The van der Waals surface area contributed by atoms with Gasteiger partial charge in [-0.25, -0.2) is 0 Å². The smallest absolute Gasteiger partial charge is 0.305 e. The van der Waals surface area contributed by atoms with Gasteiger partial charge < -0.3 is 9.72 Å². The van der Waals surface area contributed by atoms with Crippen LogP contribution in [0.25, 0.3) is 0 Å². The molecule has 0 aliphatic carbocycles. The second kappa shape index (κ2) is 11.6. The molecule has 1 aromatic rings. The molecular weight excluding hydrogens is 250 g/mol. The van der Waals surface area contributed by atoms with Crippen LogP contribution < -0.4 is 0 Å². The quantitative estimate of drug-likeness (QED) is 0.447. The number of aromatic amines is 1. The number of carbonyl (C=O) groups is 1. The Kier molecular flexibility index (Phi) is 9.72. The summed E-state index contributed by atoms with van der Waals surface area (Å²) in [6.45, 7) is 0. The number of unbranched alkanes of at least 4 members (excludes halogenated alkanes) is 8. The molecule has 0 spiro atoms. The molecule has 0 radical (unpaired) electrons. The molecule has 1 aromatic heterocycles. The number of hydrogen-bond donors (Lipinski definition) is 1. The van der Waals surface area contributed by atoms with E-state index in [-0.39, 0.29) is 5.97 Å². The van der Waals surface area contributed by atoms with Gasteiger partial charge in [0, 0.05) is 18.3 Å². The Bertz CT molecular complexity index is 333. The maximum atomic E-state index is 10.9. The third kappa shape index (κ3) is 8.78. The fourth-order valence-corrected chi connectivity index (χ4v) is 2.45. The lowest BCUT2D eigenvalue weighted by Crippen LogP contribution is -1.99. The molecule has 114 valence electrons. The van der Waals surface area contributed by atoms with Gasteiger partial charge in [0.2, 0.25) is 0 Å². The Morgan fingerprint density at radius 2 is 1.60 bits per heavy atom. The molecule has 1 rings (SSSR count). The monoisotopic (exact) mass is 279 g/mol. The zero-order valence-electron chi connectivity index (χ0n) is 12.8. The van der Waals surface area contributed by atoms with Gasteiger partial charge in [-0.2, -0.15) is 0 Å². The number of nitrogens with one attached hydrogen (secondary N) is 1. The van der Waals surface area contributed by atoms with Crippen molar-refractivity contribution in [2.75, 3.05) is 7.11 Å². The molecule has 1 heterocycles. The maximum absolute atomic E-state index is 10.9. The number of ether oxygens (including phenoxy) is 1. The van der Waals surface area contributed by atoms with Crippen molar-refractivity contribution in [2.45, 2.75) is 70.6 Å². The van der Waals surface area contributed by atoms with Gasteiger partial charge in [-0.3, -0.25) is 4.79 Å². The largest absolute Gasteiger partial charge is 0.469 e. The first-order valence-electron chi connectivity index (χ1n) is 8.02. The number of H-pyrrole nitrogens is 1. The van der Waals surface area contributed by atoms with E-state index >= 15 is 0 Å². The van der Waals surface area contributed by atoms with Crippen molar-refractivity contribution in [3.63, 3.8) is 0 Å². The molecule has 0 atom stereocenters. The van der Waals surface area contributed by atoms with E-state index in [2.05, 4.69) is 21.9 Å². The molecule has 0 aromatic carbocycles. The predicted molar refractivity (Wildman–Crippen MR) is 82.7 cm³/mol. The van der Waals surface area contributed by atoms with Gasteiger partial charge in [0.25, 0.3) is 0 Å². The van der Waals surface area contributed by atoms with E-state index in [1.54, 1.807) is 0 Å². The number of aryl methyl sites for hydroxylation is 1. The van der Waals surface area contributed by atoms with E-state index in [0.717, 1.165) is 12.8 Å². The van der Waals surface area contributed by atoms with Gasteiger partial charge in [-0.1, -0.05) is 44.9 Å². The van der Waals surface area contributed by atoms with E-state index in [4.69, 9.17) is 0 Å². The normalized spacial score (nSPS) is 10.7. The maximum Gasteiger partial charge on any atom is 0.305 e. The van der Waals surface area contributed by atoms with Crippen molar-refractivity contribution in [1.82, 2.24) is 4.98 Å². The van der Waals surface area contributed by atoms with Crippen molar-refractivity contribution in [3.05, 3.63) is 24.0 Å². The number of rotatable bonds is 12. The third-order valence-corrected chi connectivity index (χ3v) is 3.72. The minimum Gasteiger partial charge on any atom is -0.469 e. The van der Waals surface area contributed by atoms with Crippen molar-refractivity contribution < 1.29 is 9.53 Å². The lowest BCUT2D eigenvalue weighted by molar-refractivity contribution is -0.140. The standard InChI is InChI=1S/C17H29NO2/c1-20-17(19)14-10-8-6-4-2-3-5-7-9-12-16-13-11-15-18-16/h11,13,15,18H,2-10,12,14H2,1H3. The van der Waals surface area contributed by atoms with Crippen LogP contribution in [-0.4, -0.2) is 18.1 Å². The summed E-state index contributed by atoms with van der Waals surface area (Å²) in [5.41, 5.74) is 1.36. The molecule has 0 aliphatic heterocycles. The molecule has 0 saturated heterocycles. The highest BCUT2D eigenvalue weighted by Crippen LogP contribution is 2.12. The third-order valence-electron chi connectivity index (χ3n) is 3.72. The van der Waals surface area contributed by atoms with Crippen LogP contribution in [0.1, 0.15) is 69.9 Å². The van der Waals surface area contributed by atoms with Gasteiger partial charge in [0.05, 0.1) is 7.11 Å². The first kappa shape index (κ1) is 16.8. The molecule has 20 heavy (non-hydrogen) atoms. The highest BCUT2D eigenvalue weighted by molar-refractivity contribution is 5.68. The highest BCUT2D eigenvalue weighted by atomic mass is 16.5. The summed E-state index contributed by atoms with van der Waals surface area (Å²) >= 11 is 0. The lowest BCUT2D eigenvalue weighted by Gasteiger charge is -2.02. The first-order chi connectivity index (χ1) is 9.83. The average molecular weight is 279 g/mol. The van der Waals surface area contributed by atoms with E-state index in [0.29, 0.717) is 6.42 Å². The van der Waals surface area contributed by atoms with Gasteiger partial charge in [-0.05, 0) is 31.4 Å². The van der Waals surface area contributed by atoms with E-state index in [1.165, 1.54) is 64.2 Å². The summed E-state index contributed by atoms with van der Waals surface area (Å²) < 4.78 is 4.62. The molecule has 1 N–H and O–H groups in total. The molecular formula is C17H29NO2. The second-order valence-corrected chi connectivity index (χ2v) is 5.45. The van der Waals surface area contributed by atoms with E-state index < -0.39 is 0 Å². The molecule has 3 heteroatoms. The topological polar surface area (TPSA) is 42.1 Å². The van der Waals surface area contributed by atoms with Crippen LogP contribution in [0, 0.1) is 0 Å². The summed E-state index contributed by atoms with van der Waals surface area (Å²) in [7, 11) is 1.46. The summed E-state index contributed by atoms with van der Waals surface area (Å²) in [5, 5.41) is 0. The summed E-state index contributed by atoms with van der Waals surface area (Å²) in [6, 6.07) is 4.23. The minimum absolute atomic E-state index is 0.0768. The lowest BCUT2D eigenvalue weighted by atomic mass is 10.1. The number of hydrogen-bond acceptors (Lipinski definition) is 2. The van der Waals surface area contributed by atoms with Gasteiger partial charge in [-0.15, -0.1) is 0 Å². The van der Waals surface area contributed by atoms with Crippen LogP contribution in [0.2, 0.25) is 0 Å². The Balaban J connectivity index is 1.75. The Morgan fingerprint density at radius 1 is 1.00 bits per heavy atom. The van der Waals surface area contributed by atoms with Crippen LogP contribution in [-0.2, 0) is 16.0 Å². The Hall–Kier alpha value is -1.25. The number of esters is 1. The minimum atomic E-state index is -0.0768. The van der Waals surface area contributed by atoms with E-state index in [1.807, 2.05) is 6.20 Å². The Morgan fingerprint density at radius 3 is 2.15 bits per heavy atom. The highest BCUT2D eigenvalue weighted by Gasteiger charge is 1.99. The summed E-state index contributed by atoms with van der Waals surface area (Å²) in [5.74, 6) is -0.0768. The fraction of sp³-hybridized carbons (Fsp3) is 0.706. The van der Waals surface area contributed by atoms with Crippen molar-refractivity contribution in [2.24, 2.45) is 0 Å². The van der Waals surface area contributed by atoms with Crippen LogP contribution in [0.5, 0.6) is 0 Å². The zero-order valence-corrected chi connectivity index (χ0v) is 12.8. The van der Waals surface area contributed by atoms with Crippen LogP contribution >= 0.6 is 0 Å². The van der Waals surface area contributed by atoms with Crippen molar-refractivity contribution in [3.8, 4) is 0 Å². The first-order valence-corrected chi connectivity index (χ1v) is 8.02. The second-order valence-electron chi connectivity index (χ2n) is 5.45. The van der Waals surface area contributed by atoms with E-state index in [9.17, 15) is 4.79 Å². The number of carbonyl (C=O) groups excluding carboxylic acids is 1. The molecule has 3 nitrogen and oxygen atoms in total. The molecule has 0 saturated carbocycles. The number of aromatic nitrogens is 1. The molecule has 0 unspecified atom stereocenters. The number of methoxy groups -OCH3 is 1. The molecule has 0 aliphatic rings. The van der Waals surface area contributed by atoms with Crippen LogP contribution in [0.3, 0.4) is 0 Å². The SMILES string of the molecule is COC(=O)CCCCCCCCCCCc1ccc[nH]1. The fourth-order valence-electron chi connectivity index (χ4n) is 2.45. The van der Waals surface area contributed by atoms with Gasteiger partial charge in [0.15, 0.2) is 0 Å². The zero-order chi connectivity index (χ0) is 14.5. The van der Waals surface area contributed by atoms with Crippen molar-refractivity contribution in [1.29, 1.82) is 0 Å². The van der Waals surface area contributed by atoms with Crippen LogP contribution in [0.15, 0.2) is 18.3 Å². The summed E-state index contributed by atoms with van der Waals surface area (Å²) in [4.78, 5) is 14.2. The average Bonchev–Trinajstić information content (AvgIpc) is 2.97. The van der Waals surface area contributed by atoms with Crippen LogP contribution in [0.4, 0.5) is 0 Å². The molecule has 0 bridgehead atoms. The molecule has 0 fully saturated rings. The summed E-state index contributed by atoms with van der Waals surface area (Å²) in [6.07, 6.45) is 15.1. The predicted octanol–water partition coefficient (Wildman–Crippen LogP) is 4.63.